The second-order valence-electron chi connectivity index (χ2n) is 5.06. The normalized spacial score (nSPS) is 11.5. The van der Waals surface area contributed by atoms with Gasteiger partial charge in [-0.05, 0) is 59.3 Å². The molecule has 8 heteroatoms. The fourth-order valence-electron chi connectivity index (χ4n) is 2.05. The van der Waals surface area contributed by atoms with Crippen LogP contribution in [0.2, 0.25) is 0 Å². The van der Waals surface area contributed by atoms with E-state index in [1.165, 1.54) is 26.2 Å². The summed E-state index contributed by atoms with van der Waals surface area (Å²) >= 11 is 3.04. The topological polar surface area (TPSA) is 95.7 Å². The van der Waals surface area contributed by atoms with Crippen molar-refractivity contribution in [1.82, 2.24) is 0 Å². The Morgan fingerprint density at radius 1 is 1.12 bits per heavy atom. The Labute approximate surface area is 151 Å². The van der Waals surface area contributed by atoms with E-state index in [1.807, 2.05) is 0 Å². The molecule has 0 bridgehead atoms. The lowest BCUT2D eigenvalue weighted by Gasteiger charge is -2.12. The summed E-state index contributed by atoms with van der Waals surface area (Å²) in [6.07, 6.45) is -1.04. The largest absolute Gasteiger partial charge is 0.497 e. The SMILES string of the molecule is COc1ccc(C(=O)[C@@H](C)OC(=O)c2ccc(Br)c([N+](=O)[O-])c2)cc1. The maximum Gasteiger partial charge on any atom is 0.339 e. The van der Waals surface area contributed by atoms with Crippen molar-refractivity contribution >= 4 is 33.4 Å². The number of nitro benzene ring substituents is 1. The average molecular weight is 408 g/mol. The summed E-state index contributed by atoms with van der Waals surface area (Å²) in [4.78, 5) is 34.8. The first kappa shape index (κ1) is 18.6. The molecule has 25 heavy (non-hydrogen) atoms. The monoisotopic (exact) mass is 407 g/mol. The first-order valence-corrected chi connectivity index (χ1v) is 7.96. The molecule has 2 rings (SSSR count). The summed E-state index contributed by atoms with van der Waals surface area (Å²) in [6, 6.07) is 10.2. The van der Waals surface area contributed by atoms with Gasteiger partial charge in [-0.2, -0.15) is 0 Å². The van der Waals surface area contributed by atoms with Crippen LogP contribution in [0.25, 0.3) is 0 Å². The lowest BCUT2D eigenvalue weighted by atomic mass is 10.1. The van der Waals surface area contributed by atoms with Gasteiger partial charge in [0.1, 0.15) is 5.75 Å². The fraction of sp³-hybridized carbons (Fsp3) is 0.176. The number of ether oxygens (including phenoxy) is 2. The molecule has 0 spiro atoms. The van der Waals surface area contributed by atoms with Crippen LogP contribution in [0.4, 0.5) is 5.69 Å². The average Bonchev–Trinajstić information content (AvgIpc) is 2.61. The van der Waals surface area contributed by atoms with E-state index < -0.39 is 17.0 Å². The summed E-state index contributed by atoms with van der Waals surface area (Å²) in [5.74, 6) is -0.601. The van der Waals surface area contributed by atoms with Gasteiger partial charge in [0.2, 0.25) is 5.78 Å². The molecule has 0 aliphatic rings. The zero-order valence-electron chi connectivity index (χ0n) is 13.4. The van der Waals surface area contributed by atoms with Gasteiger partial charge in [0, 0.05) is 11.6 Å². The second-order valence-corrected chi connectivity index (χ2v) is 5.92. The maximum absolute atomic E-state index is 12.3. The van der Waals surface area contributed by atoms with E-state index in [9.17, 15) is 19.7 Å². The molecular formula is C17H14BrNO6. The number of Topliss-reactive ketones (excluding diaryl/α,β-unsaturated/α-hetero) is 1. The highest BCUT2D eigenvalue weighted by Crippen LogP contribution is 2.26. The van der Waals surface area contributed by atoms with Crippen LogP contribution in [-0.2, 0) is 4.74 Å². The molecule has 0 heterocycles. The highest BCUT2D eigenvalue weighted by molar-refractivity contribution is 9.10. The number of rotatable bonds is 6. The van der Waals surface area contributed by atoms with Gasteiger partial charge >= 0.3 is 5.97 Å². The van der Waals surface area contributed by atoms with Crippen LogP contribution in [-0.4, -0.2) is 29.9 Å². The van der Waals surface area contributed by atoms with Crippen molar-refractivity contribution in [2.75, 3.05) is 7.11 Å². The molecule has 0 radical (unpaired) electrons. The smallest absolute Gasteiger partial charge is 0.339 e. The third kappa shape index (κ3) is 4.42. The van der Waals surface area contributed by atoms with Gasteiger partial charge in [-0.1, -0.05) is 0 Å². The Bertz CT molecular complexity index is 818. The van der Waals surface area contributed by atoms with Crippen LogP contribution in [0.15, 0.2) is 46.9 Å². The molecule has 0 saturated carbocycles. The van der Waals surface area contributed by atoms with E-state index in [0.717, 1.165) is 6.07 Å². The van der Waals surface area contributed by atoms with Crippen LogP contribution in [0.3, 0.4) is 0 Å². The Kier molecular flexibility index (Phi) is 5.87. The molecule has 1 atom stereocenters. The summed E-state index contributed by atoms with van der Waals surface area (Å²) in [5.41, 5.74) is 0.0933. The molecule has 0 unspecified atom stereocenters. The van der Waals surface area contributed by atoms with Crippen molar-refractivity contribution in [3.63, 3.8) is 0 Å². The summed E-state index contributed by atoms with van der Waals surface area (Å²) < 4.78 is 10.4. The first-order valence-electron chi connectivity index (χ1n) is 7.16. The Morgan fingerprint density at radius 3 is 2.28 bits per heavy atom. The van der Waals surface area contributed by atoms with Gasteiger partial charge in [0.25, 0.3) is 5.69 Å². The highest BCUT2D eigenvalue weighted by atomic mass is 79.9. The van der Waals surface area contributed by atoms with Crippen LogP contribution in [0.1, 0.15) is 27.6 Å². The van der Waals surface area contributed by atoms with E-state index in [-0.39, 0.29) is 21.5 Å². The van der Waals surface area contributed by atoms with E-state index in [0.29, 0.717) is 11.3 Å². The molecular weight excluding hydrogens is 394 g/mol. The Hall–Kier alpha value is -2.74. The molecule has 0 saturated heterocycles. The minimum Gasteiger partial charge on any atom is -0.497 e. The van der Waals surface area contributed by atoms with Crippen molar-refractivity contribution in [1.29, 1.82) is 0 Å². The number of carbonyl (C=O) groups is 2. The van der Waals surface area contributed by atoms with Crippen LogP contribution >= 0.6 is 15.9 Å². The first-order chi connectivity index (χ1) is 11.8. The van der Waals surface area contributed by atoms with E-state index in [4.69, 9.17) is 9.47 Å². The molecule has 0 aromatic heterocycles. The van der Waals surface area contributed by atoms with Gasteiger partial charge in [0.15, 0.2) is 6.10 Å². The minimum absolute atomic E-state index is 0.00993. The number of ketones is 1. The van der Waals surface area contributed by atoms with Gasteiger partial charge in [-0.25, -0.2) is 4.79 Å². The Morgan fingerprint density at radius 2 is 1.72 bits per heavy atom. The third-order valence-corrected chi connectivity index (χ3v) is 4.08. The van der Waals surface area contributed by atoms with Crippen LogP contribution in [0, 0.1) is 10.1 Å². The number of hydrogen-bond acceptors (Lipinski definition) is 6. The van der Waals surface area contributed by atoms with Crippen molar-refractivity contribution in [2.45, 2.75) is 13.0 Å². The van der Waals surface area contributed by atoms with Crippen LogP contribution < -0.4 is 4.74 Å². The van der Waals surface area contributed by atoms with Gasteiger partial charge in [0.05, 0.1) is 22.1 Å². The number of benzene rings is 2. The number of nitrogens with zero attached hydrogens (tertiary/aromatic N) is 1. The molecule has 2 aromatic rings. The van der Waals surface area contributed by atoms with Gasteiger partial charge in [-0.3, -0.25) is 14.9 Å². The summed E-state index contributed by atoms with van der Waals surface area (Å²) in [6.45, 7) is 1.44. The van der Waals surface area contributed by atoms with E-state index in [1.54, 1.807) is 24.3 Å². The fourth-order valence-corrected chi connectivity index (χ4v) is 2.44. The summed E-state index contributed by atoms with van der Waals surface area (Å²) in [7, 11) is 1.51. The molecule has 0 aliphatic heterocycles. The number of nitro groups is 1. The lowest BCUT2D eigenvalue weighted by Crippen LogP contribution is -2.24. The highest BCUT2D eigenvalue weighted by Gasteiger charge is 2.22. The molecule has 0 fully saturated rings. The predicted molar refractivity (Wildman–Crippen MR) is 93.0 cm³/mol. The van der Waals surface area contributed by atoms with Gasteiger partial charge in [-0.15, -0.1) is 0 Å². The number of hydrogen-bond donors (Lipinski definition) is 0. The number of halogens is 1. The third-order valence-electron chi connectivity index (χ3n) is 3.41. The van der Waals surface area contributed by atoms with Crippen molar-refractivity contribution in [2.24, 2.45) is 0 Å². The lowest BCUT2D eigenvalue weighted by molar-refractivity contribution is -0.385. The minimum atomic E-state index is -1.04. The van der Waals surface area contributed by atoms with E-state index >= 15 is 0 Å². The van der Waals surface area contributed by atoms with Crippen molar-refractivity contribution in [3.8, 4) is 5.75 Å². The molecule has 0 amide bonds. The molecule has 0 N–H and O–H groups in total. The maximum atomic E-state index is 12.3. The van der Waals surface area contributed by atoms with Crippen LogP contribution in [0.5, 0.6) is 5.75 Å². The molecule has 0 aliphatic carbocycles. The molecule has 7 nitrogen and oxygen atoms in total. The number of carbonyl (C=O) groups excluding carboxylic acids is 2. The Balaban J connectivity index is 2.12. The number of methoxy groups -OCH3 is 1. The van der Waals surface area contributed by atoms with Gasteiger partial charge < -0.3 is 9.47 Å². The molecule has 130 valence electrons. The zero-order chi connectivity index (χ0) is 18.6. The molecule has 2 aromatic carbocycles. The standard InChI is InChI=1S/C17H14BrNO6/c1-10(16(20)11-3-6-13(24-2)7-4-11)25-17(21)12-5-8-14(18)15(9-12)19(22)23/h3-10H,1-2H3/t10-/m1/s1. The zero-order valence-corrected chi connectivity index (χ0v) is 15.0. The predicted octanol–water partition coefficient (Wildman–Crippen LogP) is 3.79. The summed E-state index contributed by atoms with van der Waals surface area (Å²) in [5, 5.41) is 10.9. The van der Waals surface area contributed by atoms with Crippen molar-refractivity contribution < 1.29 is 24.0 Å². The van der Waals surface area contributed by atoms with E-state index in [2.05, 4.69) is 15.9 Å². The second kappa shape index (κ2) is 7.89. The quantitative estimate of drug-likeness (QED) is 0.312. The number of esters is 1. The van der Waals surface area contributed by atoms with Crippen molar-refractivity contribution in [3.05, 3.63) is 68.2 Å².